The molecular formula is C24H40O5SSi. The fraction of sp³-hybridized carbons (Fsp3) is 0.750. The lowest BCUT2D eigenvalue weighted by atomic mass is 10.1. The van der Waals surface area contributed by atoms with E-state index in [-0.39, 0.29) is 26.4 Å². The quantitative estimate of drug-likeness (QED) is 0.399. The van der Waals surface area contributed by atoms with Crippen LogP contribution in [0.1, 0.15) is 59.9 Å². The summed E-state index contributed by atoms with van der Waals surface area (Å²) >= 11 is 0. The lowest BCUT2D eigenvalue weighted by Crippen LogP contribution is -2.64. The Labute approximate surface area is 189 Å². The van der Waals surface area contributed by atoms with Crippen molar-refractivity contribution in [2.75, 3.05) is 26.4 Å². The summed E-state index contributed by atoms with van der Waals surface area (Å²) in [5, 5.41) is 0. The van der Waals surface area contributed by atoms with Gasteiger partial charge >= 0.3 is 0 Å². The molecule has 0 spiro atoms. The second-order valence-electron chi connectivity index (χ2n) is 10.4. The average Bonchev–Trinajstić information content (AvgIpc) is 3.45. The molecule has 3 rings (SSSR count). The van der Waals surface area contributed by atoms with Crippen LogP contribution in [0.5, 0.6) is 0 Å². The fourth-order valence-corrected chi connectivity index (χ4v) is 13.5. The van der Waals surface area contributed by atoms with Crippen molar-refractivity contribution in [3.05, 3.63) is 35.9 Å². The molecule has 0 atom stereocenters. The minimum absolute atomic E-state index is 0.231. The van der Waals surface area contributed by atoms with Gasteiger partial charge in [-0.25, -0.2) is 8.42 Å². The first-order chi connectivity index (χ1) is 14.5. The van der Waals surface area contributed by atoms with Gasteiger partial charge < -0.3 is 13.9 Å². The second-order valence-corrected chi connectivity index (χ2v) is 18.6. The van der Waals surface area contributed by atoms with Crippen LogP contribution in [0.3, 0.4) is 0 Å². The van der Waals surface area contributed by atoms with Crippen LogP contribution in [0.2, 0.25) is 16.6 Å². The molecular weight excluding hydrogens is 428 g/mol. The van der Waals surface area contributed by atoms with E-state index < -0.39 is 27.6 Å². The maximum Gasteiger partial charge on any atom is 0.200 e. The molecule has 2 aliphatic rings. The third-order valence-corrected chi connectivity index (χ3v) is 16.7. The van der Waals surface area contributed by atoms with Gasteiger partial charge in [-0.1, -0.05) is 71.9 Å². The van der Waals surface area contributed by atoms with Crippen molar-refractivity contribution < 1.29 is 22.3 Å². The zero-order chi connectivity index (χ0) is 22.9. The molecule has 0 radical (unpaired) electrons. The molecule has 2 fully saturated rings. The fourth-order valence-electron chi connectivity index (χ4n) is 5.42. The van der Waals surface area contributed by atoms with Crippen molar-refractivity contribution in [1.29, 1.82) is 0 Å². The Bertz CT molecular complexity index is 805. The van der Waals surface area contributed by atoms with Gasteiger partial charge in [0.2, 0.25) is 0 Å². The van der Waals surface area contributed by atoms with E-state index in [4.69, 9.17) is 13.9 Å². The Kier molecular flexibility index (Phi) is 7.43. The van der Waals surface area contributed by atoms with Crippen LogP contribution < -0.4 is 0 Å². The summed E-state index contributed by atoms with van der Waals surface area (Å²) in [6.45, 7) is 14.7. The second kappa shape index (κ2) is 9.25. The van der Waals surface area contributed by atoms with Crippen LogP contribution in [0.25, 0.3) is 0 Å². The third kappa shape index (κ3) is 4.41. The minimum Gasteiger partial charge on any atom is -0.414 e. The van der Waals surface area contributed by atoms with Gasteiger partial charge in [0, 0.05) is 0 Å². The van der Waals surface area contributed by atoms with Gasteiger partial charge in [-0.2, -0.15) is 0 Å². The van der Waals surface area contributed by atoms with Crippen LogP contribution in [-0.4, -0.2) is 52.7 Å². The van der Waals surface area contributed by atoms with Gasteiger partial charge in [-0.05, 0) is 35.0 Å². The molecule has 1 saturated heterocycles. The molecule has 1 aliphatic heterocycles. The third-order valence-electron chi connectivity index (χ3n) is 7.45. The van der Waals surface area contributed by atoms with Crippen molar-refractivity contribution in [2.45, 2.75) is 87.1 Å². The molecule has 176 valence electrons. The largest absolute Gasteiger partial charge is 0.414 e. The molecule has 0 unspecified atom stereocenters. The molecule has 31 heavy (non-hydrogen) atoms. The van der Waals surface area contributed by atoms with Gasteiger partial charge in [-0.15, -0.1) is 0 Å². The number of benzene rings is 1. The molecule has 0 N–H and O–H groups in total. The maximum absolute atomic E-state index is 13.9. The van der Waals surface area contributed by atoms with Crippen LogP contribution in [-0.2, 0) is 30.3 Å². The van der Waals surface area contributed by atoms with Gasteiger partial charge in [0.1, 0.15) is 4.75 Å². The Balaban J connectivity index is 1.73. The van der Waals surface area contributed by atoms with Gasteiger partial charge in [0.15, 0.2) is 18.2 Å². The van der Waals surface area contributed by atoms with Gasteiger partial charge in [-0.3, -0.25) is 0 Å². The molecule has 5 nitrogen and oxygen atoms in total. The summed E-state index contributed by atoms with van der Waals surface area (Å²) in [5.41, 5.74) is 2.30. The Morgan fingerprint density at radius 1 is 0.903 bits per heavy atom. The SMILES string of the molecule is CC(C)[Si](OCC1(S(=O)(=O)C2(COCc3ccccc3)CC2)COC1)(C(C)C)C(C)C. The van der Waals surface area contributed by atoms with Crippen molar-refractivity contribution in [1.82, 2.24) is 0 Å². The average molecular weight is 469 g/mol. The van der Waals surface area contributed by atoms with Crippen LogP contribution in [0, 0.1) is 0 Å². The monoisotopic (exact) mass is 468 g/mol. The zero-order valence-corrected chi connectivity index (χ0v) is 21.8. The summed E-state index contributed by atoms with van der Waals surface area (Å²) in [4.78, 5) is 0. The molecule has 1 saturated carbocycles. The number of rotatable bonds is 12. The molecule has 1 heterocycles. The maximum atomic E-state index is 13.9. The van der Waals surface area contributed by atoms with Crippen molar-refractivity contribution in [3.8, 4) is 0 Å². The van der Waals surface area contributed by atoms with Crippen molar-refractivity contribution in [3.63, 3.8) is 0 Å². The summed E-state index contributed by atoms with van der Waals surface area (Å²) in [6, 6.07) is 9.89. The lowest BCUT2D eigenvalue weighted by Gasteiger charge is -2.48. The highest BCUT2D eigenvalue weighted by atomic mass is 32.2. The topological polar surface area (TPSA) is 61.8 Å². The molecule has 1 aromatic rings. The van der Waals surface area contributed by atoms with E-state index in [0.717, 1.165) is 5.56 Å². The minimum atomic E-state index is -3.46. The first-order valence-electron chi connectivity index (χ1n) is 11.6. The Morgan fingerprint density at radius 2 is 1.45 bits per heavy atom. The van der Waals surface area contributed by atoms with Gasteiger partial charge in [0.05, 0.1) is 37.8 Å². The Morgan fingerprint density at radius 3 is 1.87 bits per heavy atom. The highest BCUT2D eigenvalue weighted by molar-refractivity contribution is 7.94. The predicted octanol–water partition coefficient (Wildman–Crippen LogP) is 5.11. The number of ether oxygens (including phenoxy) is 2. The van der Waals surface area contributed by atoms with Crippen LogP contribution in [0.4, 0.5) is 0 Å². The van der Waals surface area contributed by atoms with E-state index in [1.54, 1.807) is 0 Å². The summed E-state index contributed by atoms with van der Waals surface area (Å²) in [5.74, 6) is 0. The zero-order valence-electron chi connectivity index (χ0n) is 20.0. The normalized spacial score (nSPS) is 20.3. The van der Waals surface area contributed by atoms with E-state index in [9.17, 15) is 8.42 Å². The molecule has 1 aliphatic carbocycles. The van der Waals surface area contributed by atoms with Crippen LogP contribution in [0.15, 0.2) is 30.3 Å². The number of sulfone groups is 1. The standard InChI is InChI=1S/C24H40O5SSi/c1-19(2)31(20(3)4,21(5)6)29-18-24(16-28-17-24)30(25,26)23(12-13-23)15-27-14-22-10-8-7-9-11-22/h7-11,19-21H,12-18H2,1-6H3. The molecule has 1 aromatic carbocycles. The molecule has 0 bridgehead atoms. The van der Waals surface area contributed by atoms with E-state index in [2.05, 4.69) is 41.5 Å². The Hall–Kier alpha value is -0.733. The first kappa shape index (κ1) is 24.9. The van der Waals surface area contributed by atoms with Crippen molar-refractivity contribution in [2.24, 2.45) is 0 Å². The first-order valence-corrected chi connectivity index (χ1v) is 15.2. The van der Waals surface area contributed by atoms with Crippen molar-refractivity contribution >= 4 is 18.2 Å². The van der Waals surface area contributed by atoms with E-state index in [1.165, 1.54) is 0 Å². The van der Waals surface area contributed by atoms with E-state index in [0.29, 0.717) is 36.1 Å². The smallest absolute Gasteiger partial charge is 0.200 e. The van der Waals surface area contributed by atoms with Crippen LogP contribution >= 0.6 is 0 Å². The summed E-state index contributed by atoms with van der Waals surface area (Å²) in [6.07, 6.45) is 1.32. The van der Waals surface area contributed by atoms with E-state index >= 15 is 0 Å². The number of hydrogen-bond acceptors (Lipinski definition) is 5. The molecule has 0 amide bonds. The number of hydrogen-bond donors (Lipinski definition) is 0. The molecule has 7 heteroatoms. The summed E-state index contributed by atoms with van der Waals surface area (Å²) < 4.78 is 44.1. The predicted molar refractivity (Wildman–Crippen MR) is 128 cm³/mol. The summed E-state index contributed by atoms with van der Waals surface area (Å²) in [7, 11) is -5.62. The lowest BCUT2D eigenvalue weighted by molar-refractivity contribution is -0.0361. The van der Waals surface area contributed by atoms with E-state index in [1.807, 2.05) is 30.3 Å². The van der Waals surface area contributed by atoms with Gasteiger partial charge in [0.25, 0.3) is 0 Å². The molecule has 0 aromatic heterocycles. The highest BCUT2D eigenvalue weighted by Crippen LogP contribution is 2.51. The highest BCUT2D eigenvalue weighted by Gasteiger charge is 2.66.